The van der Waals surface area contributed by atoms with Gasteiger partial charge in [-0.15, -0.1) is 0 Å². The van der Waals surface area contributed by atoms with Gasteiger partial charge in [0.2, 0.25) is 0 Å². The fourth-order valence-corrected chi connectivity index (χ4v) is 2.30. The first-order valence-electron chi connectivity index (χ1n) is 4.56. The molecular weight excluding hydrogens is 321 g/mol. The summed E-state index contributed by atoms with van der Waals surface area (Å²) in [7, 11) is -5.58. The summed E-state index contributed by atoms with van der Waals surface area (Å²) in [6.07, 6.45) is 0. The van der Waals surface area contributed by atoms with E-state index in [4.69, 9.17) is 14.5 Å². The van der Waals surface area contributed by atoms with E-state index in [9.17, 15) is 13.3 Å². The SMILES string of the molecule is CCOc1ccc(Br)c(C(F)(F)P(=O)(O)O)c1. The second-order valence-corrected chi connectivity index (χ2v) is 5.66. The molecule has 0 aromatic heterocycles. The maximum absolute atomic E-state index is 13.5. The van der Waals surface area contributed by atoms with Gasteiger partial charge < -0.3 is 14.5 Å². The number of benzene rings is 1. The molecule has 96 valence electrons. The van der Waals surface area contributed by atoms with Gasteiger partial charge >= 0.3 is 13.3 Å². The number of hydrogen-bond donors (Lipinski definition) is 2. The summed E-state index contributed by atoms with van der Waals surface area (Å²) in [5, 5.41) is 0. The highest BCUT2D eigenvalue weighted by Crippen LogP contribution is 2.60. The Labute approximate surface area is 105 Å². The highest BCUT2D eigenvalue weighted by molar-refractivity contribution is 9.10. The minimum atomic E-state index is -5.58. The fourth-order valence-electron chi connectivity index (χ4n) is 1.15. The third-order valence-corrected chi connectivity index (χ3v) is 3.60. The number of hydrogen-bond acceptors (Lipinski definition) is 2. The van der Waals surface area contributed by atoms with Crippen LogP contribution in [0.1, 0.15) is 12.5 Å². The predicted molar refractivity (Wildman–Crippen MR) is 61.2 cm³/mol. The van der Waals surface area contributed by atoms with Crippen molar-refractivity contribution >= 4 is 23.5 Å². The average molecular weight is 331 g/mol. The van der Waals surface area contributed by atoms with Gasteiger partial charge in [-0.05, 0) is 25.1 Å². The van der Waals surface area contributed by atoms with E-state index in [1.165, 1.54) is 12.1 Å². The summed E-state index contributed by atoms with van der Waals surface area (Å²) >= 11 is 2.83. The summed E-state index contributed by atoms with van der Waals surface area (Å²) in [5.74, 6) is 0.124. The molecule has 4 nitrogen and oxygen atoms in total. The van der Waals surface area contributed by atoms with Crippen LogP contribution < -0.4 is 4.74 Å². The Morgan fingerprint density at radius 3 is 2.53 bits per heavy atom. The first-order valence-corrected chi connectivity index (χ1v) is 6.97. The van der Waals surface area contributed by atoms with Crippen molar-refractivity contribution in [1.29, 1.82) is 0 Å². The molecule has 0 saturated heterocycles. The highest BCUT2D eigenvalue weighted by Gasteiger charge is 2.51. The zero-order valence-electron chi connectivity index (χ0n) is 8.73. The van der Waals surface area contributed by atoms with Gasteiger partial charge in [0.25, 0.3) is 0 Å². The number of halogens is 3. The molecule has 2 N–H and O–H groups in total. The largest absolute Gasteiger partial charge is 0.494 e. The van der Waals surface area contributed by atoms with Crippen LogP contribution in [0.5, 0.6) is 5.75 Å². The van der Waals surface area contributed by atoms with E-state index in [1.54, 1.807) is 6.92 Å². The van der Waals surface area contributed by atoms with Crippen molar-refractivity contribution in [2.45, 2.75) is 12.6 Å². The quantitative estimate of drug-likeness (QED) is 0.832. The Kier molecular flexibility index (Phi) is 4.30. The van der Waals surface area contributed by atoms with Crippen molar-refractivity contribution in [3.8, 4) is 5.75 Å². The van der Waals surface area contributed by atoms with Crippen molar-refractivity contribution in [2.24, 2.45) is 0 Å². The summed E-state index contributed by atoms with van der Waals surface area (Å²) < 4.78 is 42.7. The minimum absolute atomic E-state index is 0.0886. The zero-order valence-corrected chi connectivity index (χ0v) is 11.2. The van der Waals surface area contributed by atoms with Crippen LogP contribution >= 0.6 is 23.5 Å². The molecule has 0 aliphatic rings. The Hall–Kier alpha value is -0.490. The van der Waals surface area contributed by atoms with Crippen molar-refractivity contribution in [3.05, 3.63) is 28.2 Å². The summed E-state index contributed by atoms with van der Waals surface area (Å²) in [6.45, 7) is 1.94. The number of rotatable bonds is 4. The van der Waals surface area contributed by atoms with E-state index in [0.29, 0.717) is 0 Å². The molecular formula is C9H10BrF2O4P. The molecule has 0 fully saturated rings. The molecule has 1 rings (SSSR count). The van der Waals surface area contributed by atoms with Gasteiger partial charge in [-0.1, -0.05) is 15.9 Å². The van der Waals surface area contributed by atoms with Crippen LogP contribution in [0, 0.1) is 0 Å². The van der Waals surface area contributed by atoms with Crippen molar-refractivity contribution in [2.75, 3.05) is 6.61 Å². The second kappa shape index (κ2) is 5.02. The summed E-state index contributed by atoms with van der Waals surface area (Å²) in [4.78, 5) is 17.3. The lowest BCUT2D eigenvalue weighted by Gasteiger charge is -2.19. The molecule has 0 saturated carbocycles. The third kappa shape index (κ3) is 3.04. The van der Waals surface area contributed by atoms with E-state index in [2.05, 4.69) is 15.9 Å². The van der Waals surface area contributed by atoms with Gasteiger partial charge in [0.1, 0.15) is 5.75 Å². The van der Waals surface area contributed by atoms with E-state index < -0.39 is 18.8 Å². The van der Waals surface area contributed by atoms with Crippen LogP contribution in [0.15, 0.2) is 22.7 Å². The normalized spacial score (nSPS) is 12.6. The van der Waals surface area contributed by atoms with E-state index in [-0.39, 0.29) is 16.8 Å². The van der Waals surface area contributed by atoms with Crippen LogP contribution in [0.4, 0.5) is 8.78 Å². The van der Waals surface area contributed by atoms with E-state index in [0.717, 1.165) is 6.07 Å². The van der Waals surface area contributed by atoms with Crippen LogP contribution in [-0.4, -0.2) is 16.4 Å². The molecule has 0 aliphatic carbocycles. The second-order valence-electron chi connectivity index (χ2n) is 3.16. The molecule has 0 heterocycles. The minimum Gasteiger partial charge on any atom is -0.494 e. The van der Waals surface area contributed by atoms with Gasteiger partial charge in [-0.25, -0.2) is 0 Å². The lowest BCUT2D eigenvalue weighted by Crippen LogP contribution is -2.14. The van der Waals surface area contributed by atoms with Gasteiger partial charge in [0, 0.05) is 4.47 Å². The molecule has 0 unspecified atom stereocenters. The lowest BCUT2D eigenvalue weighted by atomic mass is 10.2. The monoisotopic (exact) mass is 330 g/mol. The molecule has 17 heavy (non-hydrogen) atoms. The van der Waals surface area contributed by atoms with Gasteiger partial charge in [-0.2, -0.15) is 8.78 Å². The molecule has 0 bridgehead atoms. The number of ether oxygens (including phenoxy) is 1. The van der Waals surface area contributed by atoms with Crippen molar-refractivity contribution < 1.29 is 27.9 Å². The molecule has 8 heteroatoms. The molecule has 0 amide bonds. The topological polar surface area (TPSA) is 66.8 Å². The van der Waals surface area contributed by atoms with Crippen LogP contribution in [-0.2, 0) is 10.2 Å². The Bertz CT molecular complexity index is 460. The number of alkyl halides is 2. The van der Waals surface area contributed by atoms with Gasteiger partial charge in [0.15, 0.2) is 0 Å². The van der Waals surface area contributed by atoms with E-state index in [1.807, 2.05) is 0 Å². The molecule has 0 atom stereocenters. The summed E-state index contributed by atoms with van der Waals surface area (Å²) in [5.41, 5.74) is -5.05. The molecule has 0 radical (unpaired) electrons. The van der Waals surface area contributed by atoms with E-state index >= 15 is 0 Å². The Morgan fingerprint density at radius 2 is 2.06 bits per heavy atom. The maximum atomic E-state index is 13.5. The lowest BCUT2D eigenvalue weighted by molar-refractivity contribution is 0.0554. The van der Waals surface area contributed by atoms with Crippen molar-refractivity contribution in [1.82, 2.24) is 0 Å². The first-order chi connectivity index (χ1) is 7.70. The fraction of sp³-hybridized carbons (Fsp3) is 0.333. The van der Waals surface area contributed by atoms with Crippen LogP contribution in [0.25, 0.3) is 0 Å². The summed E-state index contributed by atoms with van der Waals surface area (Å²) in [6, 6.07) is 3.59. The van der Waals surface area contributed by atoms with Crippen molar-refractivity contribution in [3.63, 3.8) is 0 Å². The maximum Gasteiger partial charge on any atom is 0.399 e. The average Bonchev–Trinajstić information content (AvgIpc) is 2.19. The molecule has 0 aliphatic heterocycles. The van der Waals surface area contributed by atoms with Gasteiger partial charge in [-0.3, -0.25) is 4.57 Å². The molecule has 1 aromatic rings. The smallest absolute Gasteiger partial charge is 0.399 e. The highest BCUT2D eigenvalue weighted by atomic mass is 79.9. The van der Waals surface area contributed by atoms with Crippen LogP contribution in [0.3, 0.4) is 0 Å². The first kappa shape index (κ1) is 14.6. The van der Waals surface area contributed by atoms with Crippen LogP contribution in [0.2, 0.25) is 0 Å². The Balaban J connectivity index is 3.30. The molecule has 0 spiro atoms. The standard InChI is InChI=1S/C9H10BrF2O4P/c1-2-16-6-3-4-8(10)7(5-6)9(11,12)17(13,14)15/h3-5H,2H2,1H3,(H2,13,14,15). The molecule has 1 aromatic carbocycles. The zero-order chi connectivity index (χ0) is 13.3. The third-order valence-electron chi connectivity index (χ3n) is 1.94. The van der Waals surface area contributed by atoms with Gasteiger partial charge in [0.05, 0.1) is 12.2 Å². The predicted octanol–water partition coefficient (Wildman–Crippen LogP) is 3.07. The Morgan fingerprint density at radius 1 is 1.47 bits per heavy atom.